The van der Waals surface area contributed by atoms with Crippen molar-refractivity contribution in [1.82, 2.24) is 15.2 Å². The van der Waals surface area contributed by atoms with E-state index in [2.05, 4.69) is 15.2 Å². The molecule has 0 aliphatic heterocycles. The zero-order chi connectivity index (χ0) is 9.10. The van der Waals surface area contributed by atoms with Crippen LogP contribution in [0.5, 0.6) is 0 Å². The normalized spacial score (nSPS) is 16.4. The first-order valence-electron chi connectivity index (χ1n) is 4.98. The third-order valence-electron chi connectivity index (χ3n) is 2.36. The maximum absolute atomic E-state index is 5.41. The van der Waals surface area contributed by atoms with Crippen molar-refractivity contribution in [2.45, 2.75) is 32.1 Å². The SMILES string of the molecule is NCCCc1n[nH]c(CC2CC2)n1. The number of aromatic amines is 1. The molecule has 0 bridgehead atoms. The highest BCUT2D eigenvalue weighted by molar-refractivity contribution is 4.94. The summed E-state index contributed by atoms with van der Waals surface area (Å²) >= 11 is 0. The van der Waals surface area contributed by atoms with Crippen molar-refractivity contribution in [2.75, 3.05) is 6.54 Å². The zero-order valence-electron chi connectivity index (χ0n) is 7.79. The zero-order valence-corrected chi connectivity index (χ0v) is 7.79. The Balaban J connectivity index is 1.84. The average molecular weight is 180 g/mol. The highest BCUT2D eigenvalue weighted by atomic mass is 15.2. The Bertz CT molecular complexity index is 264. The molecule has 1 aromatic rings. The minimum absolute atomic E-state index is 0.715. The lowest BCUT2D eigenvalue weighted by atomic mass is 10.3. The quantitative estimate of drug-likeness (QED) is 0.699. The number of H-pyrrole nitrogens is 1. The summed E-state index contributed by atoms with van der Waals surface area (Å²) in [5, 5.41) is 7.13. The molecule has 1 aliphatic rings. The molecule has 1 saturated carbocycles. The summed E-state index contributed by atoms with van der Waals surface area (Å²) in [5.41, 5.74) is 5.41. The average Bonchev–Trinajstić information content (AvgIpc) is 2.81. The van der Waals surface area contributed by atoms with E-state index in [0.717, 1.165) is 36.8 Å². The van der Waals surface area contributed by atoms with Gasteiger partial charge < -0.3 is 5.73 Å². The second-order valence-electron chi connectivity index (χ2n) is 3.74. The van der Waals surface area contributed by atoms with Crippen LogP contribution < -0.4 is 5.73 Å². The summed E-state index contributed by atoms with van der Waals surface area (Å²) in [7, 11) is 0. The monoisotopic (exact) mass is 180 g/mol. The second kappa shape index (κ2) is 3.87. The number of nitrogens with two attached hydrogens (primary N) is 1. The number of nitrogens with one attached hydrogen (secondary N) is 1. The predicted octanol–water partition coefficient (Wildman–Crippen LogP) is 0.648. The molecule has 0 atom stereocenters. The van der Waals surface area contributed by atoms with Gasteiger partial charge in [0.05, 0.1) is 0 Å². The third kappa shape index (κ3) is 2.52. The third-order valence-corrected chi connectivity index (χ3v) is 2.36. The standard InChI is InChI=1S/C9H16N4/c10-5-1-2-8-11-9(13-12-8)6-7-3-4-7/h7H,1-6,10H2,(H,11,12,13). The summed E-state index contributed by atoms with van der Waals surface area (Å²) < 4.78 is 0. The van der Waals surface area contributed by atoms with E-state index in [0.29, 0.717) is 6.54 Å². The van der Waals surface area contributed by atoms with E-state index in [-0.39, 0.29) is 0 Å². The van der Waals surface area contributed by atoms with Crippen LogP contribution in [0.25, 0.3) is 0 Å². The van der Waals surface area contributed by atoms with Gasteiger partial charge in [-0.2, -0.15) is 5.10 Å². The van der Waals surface area contributed by atoms with Gasteiger partial charge >= 0.3 is 0 Å². The molecule has 4 heteroatoms. The van der Waals surface area contributed by atoms with Crippen LogP contribution in [-0.2, 0) is 12.8 Å². The first-order chi connectivity index (χ1) is 6.38. The van der Waals surface area contributed by atoms with Crippen molar-refractivity contribution in [3.05, 3.63) is 11.6 Å². The van der Waals surface area contributed by atoms with E-state index in [4.69, 9.17) is 5.73 Å². The highest BCUT2D eigenvalue weighted by Gasteiger charge is 2.22. The van der Waals surface area contributed by atoms with E-state index >= 15 is 0 Å². The Morgan fingerprint density at radius 3 is 3.00 bits per heavy atom. The fourth-order valence-electron chi connectivity index (χ4n) is 1.39. The summed E-state index contributed by atoms with van der Waals surface area (Å²) in [6.07, 6.45) is 5.67. The molecule has 1 fully saturated rings. The Labute approximate surface area is 77.9 Å². The molecule has 0 amide bonds. The van der Waals surface area contributed by atoms with Gasteiger partial charge in [0.15, 0.2) is 5.82 Å². The Hall–Kier alpha value is -0.900. The minimum Gasteiger partial charge on any atom is -0.330 e. The van der Waals surface area contributed by atoms with Crippen LogP contribution in [-0.4, -0.2) is 21.7 Å². The first-order valence-corrected chi connectivity index (χ1v) is 4.98. The van der Waals surface area contributed by atoms with Gasteiger partial charge in [0, 0.05) is 12.8 Å². The first kappa shape index (κ1) is 8.69. The number of hydrogen-bond donors (Lipinski definition) is 2. The van der Waals surface area contributed by atoms with Crippen molar-refractivity contribution in [3.63, 3.8) is 0 Å². The lowest BCUT2D eigenvalue weighted by molar-refractivity contribution is 0.770. The Morgan fingerprint density at radius 2 is 2.31 bits per heavy atom. The van der Waals surface area contributed by atoms with Gasteiger partial charge in [-0.1, -0.05) is 0 Å². The van der Waals surface area contributed by atoms with E-state index < -0.39 is 0 Å². The smallest absolute Gasteiger partial charge is 0.150 e. The van der Waals surface area contributed by atoms with E-state index in [1.54, 1.807) is 0 Å². The molecule has 0 unspecified atom stereocenters. The molecule has 3 N–H and O–H groups in total. The van der Waals surface area contributed by atoms with Crippen molar-refractivity contribution < 1.29 is 0 Å². The summed E-state index contributed by atoms with van der Waals surface area (Å²) in [6, 6.07) is 0. The number of aryl methyl sites for hydroxylation is 1. The van der Waals surface area contributed by atoms with Gasteiger partial charge in [-0.3, -0.25) is 5.10 Å². The molecule has 0 aromatic carbocycles. The molecule has 2 rings (SSSR count). The molecule has 13 heavy (non-hydrogen) atoms. The molecule has 4 nitrogen and oxygen atoms in total. The van der Waals surface area contributed by atoms with Gasteiger partial charge in [0.1, 0.15) is 5.82 Å². The van der Waals surface area contributed by atoms with Crippen LogP contribution in [0, 0.1) is 5.92 Å². The van der Waals surface area contributed by atoms with E-state index in [9.17, 15) is 0 Å². The largest absolute Gasteiger partial charge is 0.330 e. The van der Waals surface area contributed by atoms with Gasteiger partial charge in [0.25, 0.3) is 0 Å². The minimum atomic E-state index is 0.715. The van der Waals surface area contributed by atoms with Gasteiger partial charge in [-0.25, -0.2) is 4.98 Å². The van der Waals surface area contributed by atoms with Crippen LogP contribution >= 0.6 is 0 Å². The molecule has 1 heterocycles. The van der Waals surface area contributed by atoms with Crippen molar-refractivity contribution >= 4 is 0 Å². The van der Waals surface area contributed by atoms with Crippen LogP contribution in [0.15, 0.2) is 0 Å². The van der Waals surface area contributed by atoms with Crippen molar-refractivity contribution in [2.24, 2.45) is 11.7 Å². The van der Waals surface area contributed by atoms with Crippen LogP contribution in [0.3, 0.4) is 0 Å². The molecular weight excluding hydrogens is 164 g/mol. The van der Waals surface area contributed by atoms with Crippen molar-refractivity contribution in [3.8, 4) is 0 Å². The number of nitrogens with zero attached hydrogens (tertiary/aromatic N) is 2. The predicted molar refractivity (Wildman–Crippen MR) is 50.2 cm³/mol. The summed E-state index contributed by atoms with van der Waals surface area (Å²) in [5.74, 6) is 2.84. The fraction of sp³-hybridized carbons (Fsp3) is 0.778. The molecule has 0 saturated heterocycles. The number of aromatic nitrogens is 3. The van der Waals surface area contributed by atoms with Gasteiger partial charge in [-0.05, 0) is 31.7 Å². The lowest BCUT2D eigenvalue weighted by Gasteiger charge is -1.90. The molecule has 0 spiro atoms. The van der Waals surface area contributed by atoms with Gasteiger partial charge in [-0.15, -0.1) is 0 Å². The summed E-state index contributed by atoms with van der Waals surface area (Å²) in [6.45, 7) is 0.715. The molecule has 1 aliphatic carbocycles. The number of hydrogen-bond acceptors (Lipinski definition) is 3. The maximum atomic E-state index is 5.41. The fourth-order valence-corrected chi connectivity index (χ4v) is 1.39. The molecule has 1 aromatic heterocycles. The van der Waals surface area contributed by atoms with E-state index in [1.807, 2.05) is 0 Å². The molecule has 0 radical (unpaired) electrons. The second-order valence-corrected chi connectivity index (χ2v) is 3.74. The van der Waals surface area contributed by atoms with Crippen LogP contribution in [0.2, 0.25) is 0 Å². The number of rotatable bonds is 5. The van der Waals surface area contributed by atoms with Crippen LogP contribution in [0.4, 0.5) is 0 Å². The van der Waals surface area contributed by atoms with Gasteiger partial charge in [0.2, 0.25) is 0 Å². The summed E-state index contributed by atoms with van der Waals surface area (Å²) in [4.78, 5) is 4.41. The molecular formula is C9H16N4. The highest BCUT2D eigenvalue weighted by Crippen LogP contribution is 2.31. The van der Waals surface area contributed by atoms with E-state index in [1.165, 1.54) is 12.8 Å². The lowest BCUT2D eigenvalue weighted by Crippen LogP contribution is -2.01. The Kier molecular flexibility index (Phi) is 2.59. The Morgan fingerprint density at radius 1 is 1.46 bits per heavy atom. The maximum Gasteiger partial charge on any atom is 0.150 e. The topological polar surface area (TPSA) is 67.6 Å². The van der Waals surface area contributed by atoms with Crippen molar-refractivity contribution in [1.29, 1.82) is 0 Å². The molecule has 72 valence electrons. The van der Waals surface area contributed by atoms with Crippen LogP contribution in [0.1, 0.15) is 30.9 Å².